The molecule has 0 saturated carbocycles. The number of amides is 1. The van der Waals surface area contributed by atoms with Crippen molar-refractivity contribution in [3.63, 3.8) is 0 Å². The summed E-state index contributed by atoms with van der Waals surface area (Å²) in [6.07, 6.45) is 0.466. The molecule has 1 amide bonds. The van der Waals surface area contributed by atoms with Crippen molar-refractivity contribution in [1.82, 2.24) is 5.43 Å². The number of carbonyl (C=O) groups is 1. The zero-order valence-electron chi connectivity index (χ0n) is 9.27. The Balaban J connectivity index is 2.71. The van der Waals surface area contributed by atoms with Crippen LogP contribution in [0.4, 0.5) is 0 Å². The molecule has 5 heteroatoms. The summed E-state index contributed by atoms with van der Waals surface area (Å²) in [4.78, 5) is 21.7. The van der Waals surface area contributed by atoms with Gasteiger partial charge in [-0.25, -0.2) is 10.1 Å². The van der Waals surface area contributed by atoms with Crippen LogP contribution in [0.3, 0.4) is 0 Å². The molecule has 86 valence electrons. The van der Waals surface area contributed by atoms with E-state index in [-0.39, 0.29) is 0 Å². The van der Waals surface area contributed by atoms with Crippen LogP contribution in [0.1, 0.15) is 19.4 Å². The van der Waals surface area contributed by atoms with Crippen molar-refractivity contribution in [2.24, 2.45) is 5.41 Å². The van der Waals surface area contributed by atoms with Crippen molar-refractivity contribution in [3.05, 3.63) is 46.0 Å². The van der Waals surface area contributed by atoms with Gasteiger partial charge in [0.25, 0.3) is 5.91 Å². The molecular formula is C11H14N2O3. The number of hydrogen-bond acceptors (Lipinski definition) is 3. The van der Waals surface area contributed by atoms with E-state index < -0.39 is 16.4 Å². The van der Waals surface area contributed by atoms with E-state index in [2.05, 4.69) is 0 Å². The first-order valence-electron chi connectivity index (χ1n) is 4.91. The smallest absolute Gasteiger partial charge is 0.268 e. The Bertz CT molecular complexity index is 387. The molecule has 0 spiro atoms. The van der Waals surface area contributed by atoms with Gasteiger partial charge in [0.05, 0.1) is 5.41 Å². The SMILES string of the molecule is CC(C)(Cc1ccccc1)C(=O)N[N+](=O)[O-]. The van der Waals surface area contributed by atoms with Gasteiger partial charge in [0.1, 0.15) is 0 Å². The molecule has 1 aromatic rings. The third-order valence-electron chi connectivity index (χ3n) is 2.30. The third kappa shape index (κ3) is 3.34. The summed E-state index contributed by atoms with van der Waals surface area (Å²) in [5.41, 5.74) is 1.87. The van der Waals surface area contributed by atoms with E-state index in [0.29, 0.717) is 6.42 Å². The van der Waals surface area contributed by atoms with Crippen LogP contribution in [-0.4, -0.2) is 10.9 Å². The fourth-order valence-electron chi connectivity index (χ4n) is 1.42. The summed E-state index contributed by atoms with van der Waals surface area (Å²) < 4.78 is 0. The van der Waals surface area contributed by atoms with Crippen LogP contribution < -0.4 is 5.43 Å². The minimum absolute atomic E-state index is 0.466. The van der Waals surface area contributed by atoms with Gasteiger partial charge in [-0.2, -0.15) is 0 Å². The third-order valence-corrected chi connectivity index (χ3v) is 2.30. The van der Waals surface area contributed by atoms with Crippen LogP contribution in [0.2, 0.25) is 0 Å². The maximum Gasteiger partial charge on any atom is 0.286 e. The second-order valence-corrected chi connectivity index (χ2v) is 4.24. The molecule has 16 heavy (non-hydrogen) atoms. The Labute approximate surface area is 93.6 Å². The number of rotatable bonds is 4. The van der Waals surface area contributed by atoms with Gasteiger partial charge in [0.2, 0.25) is 0 Å². The molecule has 1 N–H and O–H groups in total. The average Bonchev–Trinajstić information content (AvgIpc) is 2.17. The van der Waals surface area contributed by atoms with Crippen LogP contribution in [0, 0.1) is 15.5 Å². The first-order valence-corrected chi connectivity index (χ1v) is 4.91. The Morgan fingerprint density at radius 2 is 1.94 bits per heavy atom. The molecule has 0 aliphatic carbocycles. The van der Waals surface area contributed by atoms with Crippen molar-refractivity contribution >= 4 is 5.91 Å². The van der Waals surface area contributed by atoms with Crippen molar-refractivity contribution < 1.29 is 9.83 Å². The molecule has 0 heterocycles. The highest BCUT2D eigenvalue weighted by atomic mass is 16.7. The van der Waals surface area contributed by atoms with Crippen LogP contribution in [-0.2, 0) is 11.2 Å². The highest BCUT2D eigenvalue weighted by molar-refractivity contribution is 5.80. The van der Waals surface area contributed by atoms with Crippen molar-refractivity contribution in [1.29, 1.82) is 0 Å². The van der Waals surface area contributed by atoms with E-state index in [9.17, 15) is 14.9 Å². The summed E-state index contributed by atoms with van der Waals surface area (Å²) in [5.74, 6) is -0.582. The summed E-state index contributed by atoms with van der Waals surface area (Å²) in [6, 6.07) is 9.41. The lowest BCUT2D eigenvalue weighted by molar-refractivity contribution is -0.531. The standard InChI is InChI=1S/C11H14N2O3/c1-11(2,10(14)12-13(15)16)8-9-6-4-3-5-7-9/h3-7H,8H2,1-2H3,(H,12,14). The highest BCUT2D eigenvalue weighted by Gasteiger charge is 2.30. The van der Waals surface area contributed by atoms with Crippen LogP contribution in [0.25, 0.3) is 0 Å². The zero-order chi connectivity index (χ0) is 12.2. The Morgan fingerprint density at radius 3 is 2.44 bits per heavy atom. The van der Waals surface area contributed by atoms with E-state index in [0.717, 1.165) is 5.56 Å². The van der Waals surface area contributed by atoms with Gasteiger partial charge in [-0.3, -0.25) is 4.79 Å². The van der Waals surface area contributed by atoms with Gasteiger partial charge in [-0.1, -0.05) is 49.6 Å². The number of hydrazine groups is 1. The molecule has 0 fully saturated rings. The molecule has 0 radical (unpaired) electrons. The van der Waals surface area contributed by atoms with E-state index in [1.54, 1.807) is 19.3 Å². The van der Waals surface area contributed by atoms with Crippen molar-refractivity contribution in [2.45, 2.75) is 20.3 Å². The summed E-state index contributed by atoms with van der Waals surface area (Å²) in [6.45, 7) is 3.36. The number of hydrogen-bond donors (Lipinski definition) is 1. The average molecular weight is 222 g/mol. The second kappa shape index (κ2) is 4.74. The Kier molecular flexibility index (Phi) is 3.60. The normalized spacial score (nSPS) is 10.9. The van der Waals surface area contributed by atoms with E-state index >= 15 is 0 Å². The fourth-order valence-corrected chi connectivity index (χ4v) is 1.42. The summed E-state index contributed by atoms with van der Waals surface area (Å²) in [7, 11) is 0. The van der Waals surface area contributed by atoms with Gasteiger partial charge < -0.3 is 0 Å². The van der Waals surface area contributed by atoms with Crippen LogP contribution >= 0.6 is 0 Å². The lowest BCUT2D eigenvalue weighted by atomic mass is 9.85. The first kappa shape index (κ1) is 12.2. The molecule has 1 rings (SSSR count). The molecule has 0 bridgehead atoms. The predicted octanol–water partition coefficient (Wildman–Crippen LogP) is 1.56. The van der Waals surface area contributed by atoms with E-state index in [1.165, 1.54) is 0 Å². The number of carbonyl (C=O) groups excluding carboxylic acids is 1. The summed E-state index contributed by atoms with van der Waals surface area (Å²) >= 11 is 0. The van der Waals surface area contributed by atoms with E-state index in [1.807, 2.05) is 30.3 Å². The fraction of sp³-hybridized carbons (Fsp3) is 0.364. The maximum absolute atomic E-state index is 11.5. The number of benzene rings is 1. The van der Waals surface area contributed by atoms with Gasteiger partial charge in [0.15, 0.2) is 5.03 Å². The Hall–Kier alpha value is -1.91. The topological polar surface area (TPSA) is 72.2 Å². The molecule has 0 saturated heterocycles. The minimum Gasteiger partial charge on any atom is -0.268 e. The largest absolute Gasteiger partial charge is 0.286 e. The van der Waals surface area contributed by atoms with Crippen LogP contribution in [0.15, 0.2) is 30.3 Å². The number of nitrogens with zero attached hydrogens (tertiary/aromatic N) is 1. The quantitative estimate of drug-likeness (QED) is 0.620. The molecule has 5 nitrogen and oxygen atoms in total. The van der Waals surface area contributed by atoms with Crippen molar-refractivity contribution in [2.75, 3.05) is 0 Å². The Morgan fingerprint density at radius 1 is 1.38 bits per heavy atom. The molecule has 0 unspecified atom stereocenters. The number of nitrogens with one attached hydrogen (secondary N) is 1. The van der Waals surface area contributed by atoms with Gasteiger partial charge >= 0.3 is 0 Å². The van der Waals surface area contributed by atoms with Crippen molar-refractivity contribution in [3.8, 4) is 0 Å². The zero-order valence-corrected chi connectivity index (χ0v) is 9.27. The monoisotopic (exact) mass is 222 g/mol. The minimum atomic E-state index is -0.824. The van der Waals surface area contributed by atoms with E-state index in [4.69, 9.17) is 0 Å². The second-order valence-electron chi connectivity index (χ2n) is 4.24. The number of nitro groups is 1. The molecular weight excluding hydrogens is 208 g/mol. The van der Waals surface area contributed by atoms with Gasteiger partial charge in [-0.15, -0.1) is 0 Å². The molecule has 1 aromatic carbocycles. The maximum atomic E-state index is 11.5. The highest BCUT2D eigenvalue weighted by Crippen LogP contribution is 2.21. The molecule has 0 aliphatic heterocycles. The predicted molar refractivity (Wildman–Crippen MR) is 59.1 cm³/mol. The molecule has 0 aromatic heterocycles. The first-order chi connectivity index (χ1) is 7.42. The van der Waals surface area contributed by atoms with Gasteiger partial charge in [0, 0.05) is 0 Å². The lowest BCUT2D eigenvalue weighted by Gasteiger charge is -2.20. The molecule has 0 atom stereocenters. The lowest BCUT2D eigenvalue weighted by Crippen LogP contribution is -2.41. The van der Waals surface area contributed by atoms with Crippen LogP contribution in [0.5, 0.6) is 0 Å². The summed E-state index contributed by atoms with van der Waals surface area (Å²) in [5, 5.41) is 9.36. The molecule has 0 aliphatic rings. The van der Waals surface area contributed by atoms with Gasteiger partial charge in [-0.05, 0) is 12.0 Å².